The molecule has 1 unspecified atom stereocenters. The fourth-order valence-electron chi connectivity index (χ4n) is 2.66. The van der Waals surface area contributed by atoms with E-state index >= 15 is 0 Å². The third-order valence-electron chi connectivity index (χ3n) is 3.72. The first kappa shape index (κ1) is 14.5. The third-order valence-corrected chi connectivity index (χ3v) is 3.72. The van der Waals surface area contributed by atoms with Gasteiger partial charge in [0.15, 0.2) is 0 Å². The Morgan fingerprint density at radius 1 is 1.35 bits per heavy atom. The summed E-state index contributed by atoms with van der Waals surface area (Å²) in [6, 6.07) is 0. The molecule has 0 saturated carbocycles. The molecule has 1 fully saturated rings. The van der Waals surface area contributed by atoms with Crippen molar-refractivity contribution in [2.75, 3.05) is 26.2 Å². The SMILES string of the molecule is CCCNC1(CC(=O)O)CCCN(CC)CC1. The zero-order valence-electron chi connectivity index (χ0n) is 11.2. The van der Waals surface area contributed by atoms with Gasteiger partial charge in [-0.2, -0.15) is 0 Å². The van der Waals surface area contributed by atoms with E-state index in [1.165, 1.54) is 0 Å². The molecule has 0 spiro atoms. The Kier molecular flexibility index (Phi) is 5.92. The van der Waals surface area contributed by atoms with Gasteiger partial charge in [0.2, 0.25) is 0 Å². The van der Waals surface area contributed by atoms with Crippen molar-refractivity contribution in [1.82, 2.24) is 10.2 Å². The lowest BCUT2D eigenvalue weighted by Crippen LogP contribution is -2.48. The Hall–Kier alpha value is -0.610. The van der Waals surface area contributed by atoms with Gasteiger partial charge in [-0.25, -0.2) is 0 Å². The summed E-state index contributed by atoms with van der Waals surface area (Å²) >= 11 is 0. The molecule has 4 heteroatoms. The maximum absolute atomic E-state index is 11.0. The lowest BCUT2D eigenvalue weighted by molar-refractivity contribution is -0.138. The number of nitrogens with one attached hydrogen (secondary N) is 1. The van der Waals surface area contributed by atoms with Gasteiger partial charge >= 0.3 is 5.97 Å². The minimum atomic E-state index is -0.682. The van der Waals surface area contributed by atoms with Crippen LogP contribution in [0.4, 0.5) is 0 Å². The minimum absolute atomic E-state index is 0.175. The van der Waals surface area contributed by atoms with Crippen LogP contribution in [0.25, 0.3) is 0 Å². The summed E-state index contributed by atoms with van der Waals surface area (Å²) in [6.45, 7) is 8.39. The standard InChI is InChI=1S/C13H26N2O2/c1-3-8-14-13(11-12(16)17)6-5-9-15(4-2)10-7-13/h14H,3-11H2,1-2H3,(H,16,17). The number of nitrogens with zero attached hydrogens (tertiary/aromatic N) is 1. The first-order chi connectivity index (χ1) is 8.12. The molecule has 1 rings (SSSR count). The Balaban J connectivity index is 2.64. The zero-order valence-corrected chi connectivity index (χ0v) is 11.2. The van der Waals surface area contributed by atoms with Crippen molar-refractivity contribution < 1.29 is 9.90 Å². The van der Waals surface area contributed by atoms with Crippen molar-refractivity contribution in [3.63, 3.8) is 0 Å². The molecule has 1 heterocycles. The fraction of sp³-hybridized carbons (Fsp3) is 0.923. The number of likely N-dealkylation sites (tertiary alicyclic amines) is 1. The van der Waals surface area contributed by atoms with E-state index in [2.05, 4.69) is 24.1 Å². The number of hydrogen-bond acceptors (Lipinski definition) is 3. The van der Waals surface area contributed by atoms with Crippen LogP contribution in [0.15, 0.2) is 0 Å². The molecule has 0 amide bonds. The van der Waals surface area contributed by atoms with E-state index in [0.29, 0.717) is 0 Å². The molecule has 17 heavy (non-hydrogen) atoms. The van der Waals surface area contributed by atoms with E-state index in [-0.39, 0.29) is 12.0 Å². The van der Waals surface area contributed by atoms with E-state index in [0.717, 1.165) is 51.9 Å². The quantitative estimate of drug-likeness (QED) is 0.744. The van der Waals surface area contributed by atoms with Gasteiger partial charge in [0.05, 0.1) is 6.42 Å². The number of carbonyl (C=O) groups is 1. The number of carboxylic acids is 1. The molecule has 1 aliphatic rings. The van der Waals surface area contributed by atoms with Crippen LogP contribution in [0.2, 0.25) is 0 Å². The van der Waals surface area contributed by atoms with Crippen molar-refractivity contribution in [3.8, 4) is 0 Å². The highest BCUT2D eigenvalue weighted by Gasteiger charge is 2.33. The summed E-state index contributed by atoms with van der Waals surface area (Å²) in [5.74, 6) is -0.682. The van der Waals surface area contributed by atoms with Crippen LogP contribution in [-0.4, -0.2) is 47.7 Å². The molecule has 0 aliphatic carbocycles. The number of carboxylic acid groups (broad SMARTS) is 1. The first-order valence-electron chi connectivity index (χ1n) is 6.81. The fourth-order valence-corrected chi connectivity index (χ4v) is 2.66. The van der Waals surface area contributed by atoms with Crippen LogP contribution in [-0.2, 0) is 4.79 Å². The second kappa shape index (κ2) is 6.97. The van der Waals surface area contributed by atoms with Crippen LogP contribution in [0.1, 0.15) is 46.0 Å². The third kappa shape index (κ3) is 4.64. The molecule has 0 radical (unpaired) electrons. The average molecular weight is 242 g/mol. The number of aliphatic carboxylic acids is 1. The Labute approximate surface area is 104 Å². The molecule has 100 valence electrons. The first-order valence-corrected chi connectivity index (χ1v) is 6.81. The molecule has 0 aromatic heterocycles. The Morgan fingerprint density at radius 2 is 2.12 bits per heavy atom. The van der Waals surface area contributed by atoms with E-state index < -0.39 is 5.97 Å². The molecular weight excluding hydrogens is 216 g/mol. The molecule has 2 N–H and O–H groups in total. The summed E-state index contributed by atoms with van der Waals surface area (Å²) < 4.78 is 0. The topological polar surface area (TPSA) is 52.6 Å². The van der Waals surface area contributed by atoms with Crippen molar-refractivity contribution in [1.29, 1.82) is 0 Å². The van der Waals surface area contributed by atoms with Crippen molar-refractivity contribution >= 4 is 5.97 Å². The molecule has 0 aromatic carbocycles. The van der Waals surface area contributed by atoms with Gasteiger partial charge in [-0.1, -0.05) is 13.8 Å². The predicted molar refractivity (Wildman–Crippen MR) is 69.2 cm³/mol. The van der Waals surface area contributed by atoms with E-state index in [9.17, 15) is 4.79 Å². The monoisotopic (exact) mass is 242 g/mol. The van der Waals surface area contributed by atoms with Gasteiger partial charge in [-0.05, 0) is 51.9 Å². The van der Waals surface area contributed by atoms with Gasteiger partial charge in [-0.15, -0.1) is 0 Å². The predicted octanol–water partition coefficient (Wildman–Crippen LogP) is 1.71. The maximum Gasteiger partial charge on any atom is 0.305 e. The molecular formula is C13H26N2O2. The van der Waals surface area contributed by atoms with Gasteiger partial charge in [-0.3, -0.25) is 4.79 Å². The average Bonchev–Trinajstić information content (AvgIpc) is 2.49. The molecule has 4 nitrogen and oxygen atoms in total. The second-order valence-electron chi connectivity index (χ2n) is 5.07. The summed E-state index contributed by atoms with van der Waals surface area (Å²) in [5.41, 5.74) is -0.175. The highest BCUT2D eigenvalue weighted by atomic mass is 16.4. The normalized spacial score (nSPS) is 26.7. The summed E-state index contributed by atoms with van der Waals surface area (Å²) in [7, 11) is 0. The van der Waals surface area contributed by atoms with Crippen molar-refractivity contribution in [3.05, 3.63) is 0 Å². The van der Waals surface area contributed by atoms with Crippen LogP contribution in [0.3, 0.4) is 0 Å². The largest absolute Gasteiger partial charge is 0.481 e. The number of rotatable bonds is 6. The van der Waals surface area contributed by atoms with E-state index in [1.54, 1.807) is 0 Å². The number of hydrogen-bond donors (Lipinski definition) is 2. The molecule has 1 atom stereocenters. The molecule has 1 saturated heterocycles. The van der Waals surface area contributed by atoms with Crippen LogP contribution >= 0.6 is 0 Å². The van der Waals surface area contributed by atoms with Crippen molar-refractivity contribution in [2.24, 2.45) is 0 Å². The van der Waals surface area contributed by atoms with E-state index in [4.69, 9.17) is 5.11 Å². The maximum atomic E-state index is 11.0. The molecule has 0 bridgehead atoms. The lowest BCUT2D eigenvalue weighted by Gasteiger charge is -2.32. The van der Waals surface area contributed by atoms with Crippen LogP contribution < -0.4 is 5.32 Å². The smallest absolute Gasteiger partial charge is 0.305 e. The Morgan fingerprint density at radius 3 is 2.71 bits per heavy atom. The lowest BCUT2D eigenvalue weighted by atomic mass is 9.87. The summed E-state index contributed by atoms with van der Waals surface area (Å²) in [5, 5.41) is 12.6. The van der Waals surface area contributed by atoms with Gasteiger partial charge in [0, 0.05) is 5.54 Å². The highest BCUT2D eigenvalue weighted by Crippen LogP contribution is 2.26. The van der Waals surface area contributed by atoms with Gasteiger partial charge in [0.1, 0.15) is 0 Å². The van der Waals surface area contributed by atoms with Gasteiger partial charge < -0.3 is 15.3 Å². The summed E-state index contributed by atoms with van der Waals surface area (Å²) in [6.07, 6.45) is 4.34. The zero-order chi connectivity index (χ0) is 12.7. The van der Waals surface area contributed by atoms with Crippen molar-refractivity contribution in [2.45, 2.75) is 51.5 Å². The minimum Gasteiger partial charge on any atom is -0.481 e. The molecule has 0 aromatic rings. The van der Waals surface area contributed by atoms with Crippen LogP contribution in [0, 0.1) is 0 Å². The Bertz CT molecular complexity index is 246. The molecule has 1 aliphatic heterocycles. The summed E-state index contributed by atoms with van der Waals surface area (Å²) in [4.78, 5) is 13.5. The second-order valence-corrected chi connectivity index (χ2v) is 5.07. The van der Waals surface area contributed by atoms with Crippen LogP contribution in [0.5, 0.6) is 0 Å². The van der Waals surface area contributed by atoms with Gasteiger partial charge in [0.25, 0.3) is 0 Å². The highest BCUT2D eigenvalue weighted by molar-refractivity contribution is 5.68. The van der Waals surface area contributed by atoms with E-state index in [1.807, 2.05) is 0 Å².